The van der Waals surface area contributed by atoms with Crippen molar-refractivity contribution in [1.82, 2.24) is 4.57 Å². The zero-order chi connectivity index (χ0) is 21.1. The van der Waals surface area contributed by atoms with Gasteiger partial charge < -0.3 is 9.47 Å². The third-order valence-electron chi connectivity index (χ3n) is 4.01. The van der Waals surface area contributed by atoms with Crippen molar-refractivity contribution >= 4 is 11.6 Å². The number of hydrogen-bond donors (Lipinski definition) is 0. The number of ether oxygens (including phenoxy) is 2. The van der Waals surface area contributed by atoms with Crippen LogP contribution in [0.15, 0.2) is 47.4 Å². The van der Waals surface area contributed by atoms with Crippen LogP contribution in [-0.4, -0.2) is 11.7 Å². The monoisotopic (exact) mass is 420 g/mol. The fourth-order valence-corrected chi connectivity index (χ4v) is 2.81. The van der Waals surface area contributed by atoms with E-state index in [1.54, 1.807) is 6.07 Å². The van der Waals surface area contributed by atoms with E-state index in [1.807, 2.05) is 0 Å². The highest BCUT2D eigenvalue weighted by Gasteiger charge is 2.18. The largest absolute Gasteiger partial charge is 0.494 e. The van der Waals surface area contributed by atoms with Gasteiger partial charge in [-0.2, -0.15) is 5.26 Å². The van der Waals surface area contributed by atoms with Gasteiger partial charge in [0.2, 0.25) is 0 Å². The summed E-state index contributed by atoms with van der Waals surface area (Å²) in [4.78, 5) is 12.6. The zero-order valence-electron chi connectivity index (χ0n) is 14.9. The molecular weight excluding hydrogens is 409 g/mol. The maximum Gasteiger partial charge on any atom is 0.277 e. The number of methoxy groups -OCH3 is 1. The molecule has 148 valence electrons. The summed E-state index contributed by atoms with van der Waals surface area (Å²) in [6.45, 7) is -0.302. The zero-order valence-corrected chi connectivity index (χ0v) is 15.6. The number of hydrogen-bond acceptors (Lipinski definition) is 4. The van der Waals surface area contributed by atoms with Gasteiger partial charge in [0.15, 0.2) is 5.82 Å². The van der Waals surface area contributed by atoms with Crippen molar-refractivity contribution in [2.24, 2.45) is 0 Å². The topological polar surface area (TPSA) is 64.2 Å². The third kappa shape index (κ3) is 4.05. The minimum Gasteiger partial charge on any atom is -0.494 e. The fourth-order valence-electron chi connectivity index (χ4n) is 2.60. The van der Waals surface area contributed by atoms with Crippen LogP contribution in [0.3, 0.4) is 0 Å². The summed E-state index contributed by atoms with van der Waals surface area (Å²) >= 11 is 6.06. The number of nitrogens with zero attached hydrogens (tertiary/aromatic N) is 2. The summed E-state index contributed by atoms with van der Waals surface area (Å²) in [5.41, 5.74) is -0.963. The highest BCUT2D eigenvalue weighted by atomic mass is 35.5. The SMILES string of the molecule is COc1cc(C#N)cc(F)c1-n1ccc(OCc2ccc(F)cc2F)c(Cl)c1=O. The first-order chi connectivity index (χ1) is 13.8. The van der Waals surface area contributed by atoms with E-state index in [9.17, 15) is 18.0 Å². The summed E-state index contributed by atoms with van der Waals surface area (Å²) < 4.78 is 52.5. The molecule has 2 aromatic carbocycles. The van der Waals surface area contributed by atoms with Gasteiger partial charge in [0.25, 0.3) is 5.56 Å². The lowest BCUT2D eigenvalue weighted by Gasteiger charge is -2.14. The lowest BCUT2D eigenvalue weighted by atomic mass is 10.2. The lowest BCUT2D eigenvalue weighted by molar-refractivity contribution is 0.298. The molecule has 0 atom stereocenters. The Hall–Kier alpha value is -3.44. The van der Waals surface area contributed by atoms with Crippen LogP contribution in [0.1, 0.15) is 11.1 Å². The Labute approximate surface area is 168 Å². The molecule has 1 aromatic heterocycles. The van der Waals surface area contributed by atoms with Crippen molar-refractivity contribution in [2.75, 3.05) is 7.11 Å². The van der Waals surface area contributed by atoms with Crippen molar-refractivity contribution in [3.63, 3.8) is 0 Å². The van der Waals surface area contributed by atoms with Crippen molar-refractivity contribution in [1.29, 1.82) is 5.26 Å². The van der Waals surface area contributed by atoms with Gasteiger partial charge >= 0.3 is 0 Å². The molecule has 0 saturated heterocycles. The van der Waals surface area contributed by atoms with Gasteiger partial charge in [-0.25, -0.2) is 13.2 Å². The summed E-state index contributed by atoms with van der Waals surface area (Å²) in [7, 11) is 1.26. The lowest BCUT2D eigenvalue weighted by Crippen LogP contribution is -2.20. The van der Waals surface area contributed by atoms with Crippen molar-refractivity contribution < 1.29 is 22.6 Å². The predicted molar refractivity (Wildman–Crippen MR) is 99.0 cm³/mol. The maximum atomic E-state index is 14.5. The molecule has 0 aliphatic heterocycles. The number of benzene rings is 2. The van der Waals surface area contributed by atoms with Gasteiger partial charge in [0, 0.05) is 23.9 Å². The van der Waals surface area contributed by atoms with Crippen LogP contribution < -0.4 is 15.0 Å². The molecule has 0 bridgehead atoms. The Morgan fingerprint density at radius 1 is 1.10 bits per heavy atom. The maximum absolute atomic E-state index is 14.5. The number of pyridine rings is 1. The van der Waals surface area contributed by atoms with Crippen LogP contribution in [0.2, 0.25) is 5.02 Å². The molecule has 0 N–H and O–H groups in total. The molecule has 0 aliphatic carbocycles. The Balaban J connectivity index is 1.97. The van der Waals surface area contributed by atoms with E-state index in [0.717, 1.165) is 16.7 Å². The highest BCUT2D eigenvalue weighted by Crippen LogP contribution is 2.29. The Kier molecular flexibility index (Phi) is 5.80. The second-order valence-electron chi connectivity index (χ2n) is 5.81. The van der Waals surface area contributed by atoms with Gasteiger partial charge in [0.1, 0.15) is 40.5 Å². The molecule has 3 aromatic rings. The van der Waals surface area contributed by atoms with E-state index in [-0.39, 0.29) is 39.9 Å². The second-order valence-corrected chi connectivity index (χ2v) is 6.19. The molecule has 0 unspecified atom stereocenters. The smallest absolute Gasteiger partial charge is 0.277 e. The molecule has 1 heterocycles. The van der Waals surface area contributed by atoms with E-state index in [2.05, 4.69) is 0 Å². The number of nitriles is 1. The molecule has 5 nitrogen and oxygen atoms in total. The van der Waals surface area contributed by atoms with Gasteiger partial charge in [-0.15, -0.1) is 0 Å². The number of rotatable bonds is 5. The summed E-state index contributed by atoms with van der Waals surface area (Å²) in [6, 6.07) is 8.30. The Morgan fingerprint density at radius 2 is 1.86 bits per heavy atom. The van der Waals surface area contributed by atoms with E-state index in [4.69, 9.17) is 26.3 Å². The van der Waals surface area contributed by atoms with E-state index < -0.39 is 23.0 Å². The van der Waals surface area contributed by atoms with Crippen LogP contribution in [-0.2, 0) is 6.61 Å². The summed E-state index contributed by atoms with van der Waals surface area (Å²) in [6.07, 6.45) is 1.21. The molecule has 3 rings (SSSR count). The molecule has 0 spiro atoms. The first-order valence-electron chi connectivity index (χ1n) is 8.11. The number of halogens is 4. The van der Waals surface area contributed by atoms with E-state index in [0.29, 0.717) is 6.07 Å². The van der Waals surface area contributed by atoms with Crippen LogP contribution in [0.25, 0.3) is 5.69 Å². The van der Waals surface area contributed by atoms with Crippen molar-refractivity contribution in [2.45, 2.75) is 6.61 Å². The molecule has 29 heavy (non-hydrogen) atoms. The fraction of sp³-hybridized carbons (Fsp3) is 0.100. The number of aromatic nitrogens is 1. The van der Waals surface area contributed by atoms with Gasteiger partial charge in [0.05, 0.1) is 18.7 Å². The predicted octanol–water partition coefficient (Wildman–Crippen LogP) is 4.37. The van der Waals surface area contributed by atoms with Crippen molar-refractivity contribution in [3.8, 4) is 23.3 Å². The van der Waals surface area contributed by atoms with E-state index >= 15 is 0 Å². The summed E-state index contributed by atoms with van der Waals surface area (Å²) in [5.74, 6) is -2.50. The Bertz CT molecular complexity index is 1190. The second kappa shape index (κ2) is 8.29. The van der Waals surface area contributed by atoms with Gasteiger partial charge in [-0.3, -0.25) is 9.36 Å². The standard InChI is InChI=1S/C20H12ClF3N2O3/c1-28-17-7-11(9-25)6-15(24)19(17)26-5-4-16(18(21)20(26)27)29-10-12-2-3-13(22)8-14(12)23/h2-8H,10H2,1H3. The van der Waals surface area contributed by atoms with Crippen LogP contribution in [0, 0.1) is 28.8 Å². The minimum atomic E-state index is -0.860. The molecule has 0 fully saturated rings. The molecule has 0 amide bonds. The molecule has 0 aliphatic rings. The van der Waals surface area contributed by atoms with Crippen LogP contribution >= 0.6 is 11.6 Å². The normalized spacial score (nSPS) is 10.5. The Morgan fingerprint density at radius 3 is 2.52 bits per heavy atom. The first kappa shape index (κ1) is 20.3. The molecule has 9 heteroatoms. The average Bonchev–Trinajstić information content (AvgIpc) is 2.70. The van der Waals surface area contributed by atoms with Gasteiger partial charge in [-0.05, 0) is 24.3 Å². The third-order valence-corrected chi connectivity index (χ3v) is 4.36. The minimum absolute atomic E-state index is 0.0172. The highest BCUT2D eigenvalue weighted by molar-refractivity contribution is 6.31. The molecule has 0 saturated carbocycles. The molecule has 0 radical (unpaired) electrons. The average molecular weight is 421 g/mol. The van der Waals surface area contributed by atoms with Gasteiger partial charge in [-0.1, -0.05) is 11.6 Å². The summed E-state index contributed by atoms with van der Waals surface area (Å²) in [5, 5.41) is 8.57. The van der Waals surface area contributed by atoms with Crippen LogP contribution in [0.5, 0.6) is 11.5 Å². The first-order valence-corrected chi connectivity index (χ1v) is 8.49. The quantitative estimate of drug-likeness (QED) is 0.615. The van der Waals surface area contributed by atoms with Crippen molar-refractivity contribution in [3.05, 3.63) is 86.6 Å². The van der Waals surface area contributed by atoms with Crippen LogP contribution in [0.4, 0.5) is 13.2 Å². The van der Waals surface area contributed by atoms with E-state index in [1.165, 1.54) is 31.5 Å². The molecular formula is C20H12ClF3N2O3.